The molecule has 0 amide bonds. The summed E-state index contributed by atoms with van der Waals surface area (Å²) in [6.45, 7) is 4.00. The Balaban J connectivity index is 1.67. The highest BCUT2D eigenvalue weighted by atomic mass is 16.3. The quantitative estimate of drug-likeness (QED) is 0.845. The van der Waals surface area contributed by atoms with Crippen molar-refractivity contribution in [2.45, 2.75) is 31.8 Å². The number of nitrogens with zero attached hydrogens (tertiary/aromatic N) is 1. The van der Waals surface area contributed by atoms with Gasteiger partial charge in [-0.2, -0.15) is 0 Å². The van der Waals surface area contributed by atoms with E-state index in [0.29, 0.717) is 17.8 Å². The van der Waals surface area contributed by atoms with Gasteiger partial charge in [0.05, 0.1) is 11.6 Å². The van der Waals surface area contributed by atoms with Crippen molar-refractivity contribution in [2.75, 3.05) is 0 Å². The number of benzene rings is 1. The molecule has 5 unspecified atom stereocenters. The maximum atomic E-state index is 11.1. The number of para-hydroxylation sites is 1. The second kappa shape index (κ2) is 5.51. The Kier molecular flexibility index (Phi) is 3.50. The minimum absolute atomic E-state index is 0.369. The van der Waals surface area contributed by atoms with Gasteiger partial charge in [-0.25, -0.2) is 0 Å². The molecule has 2 nitrogen and oxygen atoms in total. The number of allylic oxidation sites excluding steroid dienone is 1. The zero-order chi connectivity index (χ0) is 15.1. The minimum atomic E-state index is -0.369. The molecule has 22 heavy (non-hydrogen) atoms. The summed E-state index contributed by atoms with van der Waals surface area (Å²) in [5, 5.41) is 12.2. The summed E-state index contributed by atoms with van der Waals surface area (Å²) in [7, 11) is 0. The van der Waals surface area contributed by atoms with E-state index in [0.717, 1.165) is 28.8 Å². The lowest BCUT2D eigenvalue weighted by Gasteiger charge is -2.48. The van der Waals surface area contributed by atoms with E-state index in [1.807, 2.05) is 30.5 Å². The van der Waals surface area contributed by atoms with Crippen LogP contribution in [0.3, 0.4) is 0 Å². The summed E-state index contributed by atoms with van der Waals surface area (Å²) in [5.74, 6) is 2.40. The molecule has 0 aliphatic heterocycles. The lowest BCUT2D eigenvalue weighted by molar-refractivity contribution is -0.0217. The Hall–Kier alpha value is -1.67. The summed E-state index contributed by atoms with van der Waals surface area (Å²) < 4.78 is 0. The summed E-state index contributed by atoms with van der Waals surface area (Å²) in [6.07, 6.45) is 8.52. The zero-order valence-electron chi connectivity index (χ0n) is 12.9. The molecule has 0 saturated heterocycles. The minimum Gasteiger partial charge on any atom is -0.388 e. The van der Waals surface area contributed by atoms with Crippen LogP contribution >= 0.6 is 0 Å². The number of pyridine rings is 1. The molecule has 1 heterocycles. The number of hydrogen-bond donors (Lipinski definition) is 1. The molecule has 5 atom stereocenters. The molecule has 1 N–H and O–H groups in total. The molecule has 3 aliphatic rings. The first-order valence-electron chi connectivity index (χ1n) is 8.42. The highest BCUT2D eigenvalue weighted by molar-refractivity contribution is 5.82. The monoisotopic (exact) mass is 293 g/mol. The highest BCUT2D eigenvalue weighted by Gasteiger charge is 2.43. The van der Waals surface area contributed by atoms with Gasteiger partial charge in [-0.3, -0.25) is 4.98 Å². The van der Waals surface area contributed by atoms with Gasteiger partial charge in [0.25, 0.3) is 0 Å². The van der Waals surface area contributed by atoms with Crippen molar-refractivity contribution < 1.29 is 5.11 Å². The van der Waals surface area contributed by atoms with E-state index in [2.05, 4.69) is 23.7 Å². The van der Waals surface area contributed by atoms with Gasteiger partial charge in [0.1, 0.15) is 0 Å². The van der Waals surface area contributed by atoms with Crippen molar-refractivity contribution >= 4 is 10.9 Å². The van der Waals surface area contributed by atoms with Crippen molar-refractivity contribution in [2.24, 2.45) is 23.7 Å². The summed E-state index contributed by atoms with van der Waals surface area (Å²) in [4.78, 5) is 4.42. The van der Waals surface area contributed by atoms with Gasteiger partial charge in [0.15, 0.2) is 0 Å². The Morgan fingerprint density at radius 2 is 1.95 bits per heavy atom. The van der Waals surface area contributed by atoms with Crippen LogP contribution in [0.4, 0.5) is 0 Å². The van der Waals surface area contributed by atoms with Crippen LogP contribution < -0.4 is 0 Å². The van der Waals surface area contributed by atoms with E-state index in [1.165, 1.54) is 19.3 Å². The number of hydrogen-bond acceptors (Lipinski definition) is 2. The van der Waals surface area contributed by atoms with Crippen LogP contribution in [0, 0.1) is 23.7 Å². The normalized spacial score (nSPS) is 32.0. The maximum absolute atomic E-state index is 11.1. The number of rotatable bonds is 3. The van der Waals surface area contributed by atoms with Crippen molar-refractivity contribution in [1.29, 1.82) is 0 Å². The number of aromatic nitrogens is 1. The molecule has 2 heteroatoms. The van der Waals surface area contributed by atoms with Crippen LogP contribution in [0.5, 0.6) is 0 Å². The van der Waals surface area contributed by atoms with E-state index < -0.39 is 0 Å². The zero-order valence-corrected chi connectivity index (χ0v) is 12.9. The topological polar surface area (TPSA) is 33.1 Å². The van der Waals surface area contributed by atoms with E-state index >= 15 is 0 Å². The molecule has 2 aromatic rings. The number of aliphatic hydroxyl groups is 1. The second-order valence-corrected chi connectivity index (χ2v) is 6.99. The van der Waals surface area contributed by atoms with Crippen LogP contribution in [-0.2, 0) is 0 Å². The molecular formula is C20H23NO. The van der Waals surface area contributed by atoms with Crippen LogP contribution in [0.2, 0.25) is 0 Å². The molecule has 1 aromatic heterocycles. The van der Waals surface area contributed by atoms with Gasteiger partial charge < -0.3 is 5.11 Å². The first-order chi connectivity index (χ1) is 10.8. The smallest absolute Gasteiger partial charge is 0.0828 e. The average Bonchev–Trinajstić information content (AvgIpc) is 2.60. The first kappa shape index (κ1) is 14.0. The van der Waals surface area contributed by atoms with Gasteiger partial charge in [-0.1, -0.05) is 24.3 Å². The van der Waals surface area contributed by atoms with E-state index in [-0.39, 0.29) is 6.10 Å². The third-order valence-electron chi connectivity index (χ3n) is 5.98. The van der Waals surface area contributed by atoms with Gasteiger partial charge >= 0.3 is 0 Å². The largest absolute Gasteiger partial charge is 0.388 e. The summed E-state index contributed by atoms with van der Waals surface area (Å²) in [6, 6.07) is 10.1. The number of aliphatic hydroxyl groups excluding tert-OH is 1. The fourth-order valence-electron chi connectivity index (χ4n) is 4.81. The predicted octanol–water partition coefficient (Wildman–Crippen LogP) is 4.51. The second-order valence-electron chi connectivity index (χ2n) is 6.99. The fourth-order valence-corrected chi connectivity index (χ4v) is 4.81. The summed E-state index contributed by atoms with van der Waals surface area (Å²) >= 11 is 0. The Bertz CT molecular complexity index is 690. The Morgan fingerprint density at radius 1 is 1.14 bits per heavy atom. The van der Waals surface area contributed by atoms with Crippen LogP contribution in [-0.4, -0.2) is 10.1 Å². The third kappa shape index (κ3) is 2.17. The SMILES string of the molecule is C=CC1CC2CCC1CC2C(O)c1ccnc2ccccc12. The molecule has 2 bridgehead atoms. The molecule has 3 aliphatic carbocycles. The third-order valence-corrected chi connectivity index (χ3v) is 5.98. The van der Waals surface area contributed by atoms with Gasteiger partial charge in [0.2, 0.25) is 0 Å². The van der Waals surface area contributed by atoms with Crippen molar-refractivity contribution in [3.63, 3.8) is 0 Å². The standard InChI is InChI=1S/C20H23NO/c1-2-13-11-15-8-7-14(13)12-18(15)20(22)17-9-10-21-19-6-4-3-5-16(17)19/h2-6,9-10,13-15,18,20,22H,1,7-8,11-12H2. The highest BCUT2D eigenvalue weighted by Crippen LogP contribution is 2.52. The molecule has 0 radical (unpaired) electrons. The van der Waals surface area contributed by atoms with E-state index in [9.17, 15) is 5.11 Å². The number of fused-ring (bicyclic) bond motifs is 4. The van der Waals surface area contributed by atoms with Gasteiger partial charge in [-0.15, -0.1) is 6.58 Å². The molecular weight excluding hydrogens is 270 g/mol. The molecule has 3 fully saturated rings. The van der Waals surface area contributed by atoms with Crippen LogP contribution in [0.15, 0.2) is 49.2 Å². The summed E-state index contributed by atoms with van der Waals surface area (Å²) in [5.41, 5.74) is 2.03. The maximum Gasteiger partial charge on any atom is 0.0828 e. The molecule has 114 valence electrons. The lowest BCUT2D eigenvalue weighted by Crippen LogP contribution is -2.39. The fraction of sp³-hybridized carbons (Fsp3) is 0.450. The van der Waals surface area contributed by atoms with Crippen LogP contribution in [0.1, 0.15) is 37.4 Å². The molecule has 0 spiro atoms. The van der Waals surface area contributed by atoms with Gasteiger partial charge in [0, 0.05) is 11.6 Å². The lowest BCUT2D eigenvalue weighted by atomic mass is 9.58. The van der Waals surface area contributed by atoms with Crippen molar-refractivity contribution in [1.82, 2.24) is 4.98 Å². The van der Waals surface area contributed by atoms with Gasteiger partial charge in [-0.05, 0) is 67.1 Å². The molecule has 5 rings (SSSR count). The van der Waals surface area contributed by atoms with Crippen molar-refractivity contribution in [3.05, 3.63) is 54.7 Å². The first-order valence-corrected chi connectivity index (χ1v) is 8.42. The van der Waals surface area contributed by atoms with Crippen LogP contribution in [0.25, 0.3) is 10.9 Å². The predicted molar refractivity (Wildman–Crippen MR) is 89.3 cm³/mol. The van der Waals surface area contributed by atoms with E-state index in [4.69, 9.17) is 0 Å². The Labute approximate surface area is 131 Å². The Morgan fingerprint density at radius 3 is 2.73 bits per heavy atom. The molecule has 1 aromatic carbocycles. The molecule has 3 saturated carbocycles. The van der Waals surface area contributed by atoms with E-state index in [1.54, 1.807) is 0 Å². The average molecular weight is 293 g/mol. The van der Waals surface area contributed by atoms with Crippen molar-refractivity contribution in [3.8, 4) is 0 Å².